The number of likely N-dealkylation sites (N-methyl/N-ethyl adjacent to an activating group) is 1. The summed E-state index contributed by atoms with van der Waals surface area (Å²) in [5, 5.41) is 5.47. The van der Waals surface area contributed by atoms with E-state index in [1.54, 1.807) is 27.0 Å². The molecule has 11 nitrogen and oxygen atoms in total. The van der Waals surface area contributed by atoms with E-state index in [9.17, 15) is 18.0 Å². The predicted octanol–water partition coefficient (Wildman–Crippen LogP) is 7.78. The fourth-order valence-corrected chi connectivity index (χ4v) is 9.98. The van der Waals surface area contributed by atoms with Crippen molar-refractivity contribution in [2.45, 2.75) is 122 Å². The Balaban J connectivity index is 1.36. The van der Waals surface area contributed by atoms with Crippen LogP contribution in [0.4, 0.5) is 0 Å². The largest absolute Gasteiger partial charge is 0.497 e. The molecular formula is C44H56N6O5S. The zero-order chi connectivity index (χ0) is 39.6. The lowest BCUT2D eigenvalue weighted by Crippen LogP contribution is -2.56. The Labute approximate surface area is 331 Å². The molecule has 4 aromatic rings. The number of ether oxygens (including phenoxy) is 1. The van der Waals surface area contributed by atoms with Crippen LogP contribution in [0.5, 0.6) is 5.75 Å². The fraction of sp³-hybridized carbons (Fsp3) is 0.523. The fourth-order valence-electron chi connectivity index (χ4n) is 9.37. The third-order valence-corrected chi connectivity index (χ3v) is 14.8. The summed E-state index contributed by atoms with van der Waals surface area (Å²) < 4.78 is 38.2. The van der Waals surface area contributed by atoms with Gasteiger partial charge in [-0.15, -0.1) is 0 Å². The minimum absolute atomic E-state index is 0.0108. The number of aromatic nitrogens is 3. The number of amides is 2. The molecule has 2 aliphatic carbocycles. The second kappa shape index (κ2) is 14.8. The van der Waals surface area contributed by atoms with E-state index in [4.69, 9.17) is 9.84 Å². The molecule has 2 aromatic carbocycles. The van der Waals surface area contributed by atoms with Crippen molar-refractivity contribution in [3.8, 4) is 17.0 Å². The number of aryl methyl sites for hydroxylation is 1. The molecule has 2 atom stereocenters. The van der Waals surface area contributed by atoms with E-state index in [1.165, 1.54) is 12.0 Å². The van der Waals surface area contributed by atoms with E-state index in [2.05, 4.69) is 58.0 Å². The predicted molar refractivity (Wildman–Crippen MR) is 222 cm³/mol. The highest BCUT2D eigenvalue weighted by molar-refractivity contribution is 7.90. The summed E-state index contributed by atoms with van der Waals surface area (Å²) in [6.45, 7) is 11.1. The van der Waals surface area contributed by atoms with Crippen molar-refractivity contribution in [1.82, 2.24) is 28.9 Å². The van der Waals surface area contributed by atoms with E-state index in [0.717, 1.165) is 95.4 Å². The van der Waals surface area contributed by atoms with Crippen molar-refractivity contribution >= 4 is 44.4 Å². The van der Waals surface area contributed by atoms with Gasteiger partial charge in [0.2, 0.25) is 10.0 Å². The van der Waals surface area contributed by atoms with Gasteiger partial charge in [0.1, 0.15) is 5.75 Å². The molecule has 2 saturated carbocycles. The van der Waals surface area contributed by atoms with Gasteiger partial charge >= 0.3 is 0 Å². The van der Waals surface area contributed by atoms with Crippen molar-refractivity contribution in [3.63, 3.8) is 0 Å². The molecule has 0 spiro atoms. The zero-order valence-corrected chi connectivity index (χ0v) is 34.7. The average molecular weight is 781 g/mol. The molecule has 2 amide bonds. The topological polar surface area (TPSA) is 119 Å². The number of fused-ring (bicyclic) bond motifs is 5. The first-order valence-corrected chi connectivity index (χ1v) is 22.0. The van der Waals surface area contributed by atoms with Crippen LogP contribution in [0, 0.1) is 6.92 Å². The van der Waals surface area contributed by atoms with Gasteiger partial charge in [-0.2, -0.15) is 5.10 Å². The number of sulfonamides is 1. The van der Waals surface area contributed by atoms with Crippen LogP contribution in [0.25, 0.3) is 33.8 Å². The van der Waals surface area contributed by atoms with E-state index in [1.807, 2.05) is 30.0 Å². The standard InChI is InChI=1S/C44H56N6O5S/c1-26(2)56(53,54)46-43(51)31-16-18-37-38(22-31)49-25-33(20-32-21-35(55-7)17-19-36(32)42(49)40(37)30-12-9-8-10-13-30)41-39(29(5)45-50(41)34-14-11-15-34)44(52)48-23-27(3)47(6)28(4)24-48/h16-22,26-28,30,34H,8-15,23-25H2,1-7H3,(H,46,51)/t27-,28+. The van der Waals surface area contributed by atoms with Gasteiger partial charge in [0.05, 0.1) is 47.6 Å². The number of nitrogens with one attached hydrogen (secondary N) is 1. The number of hydrogen-bond donors (Lipinski definition) is 1. The lowest BCUT2D eigenvalue weighted by atomic mass is 9.81. The summed E-state index contributed by atoms with van der Waals surface area (Å²) in [4.78, 5) is 32.9. The summed E-state index contributed by atoms with van der Waals surface area (Å²) in [5.74, 6) is 0.429. The number of benzene rings is 2. The van der Waals surface area contributed by atoms with Crippen LogP contribution in [0.3, 0.4) is 0 Å². The molecule has 4 heterocycles. The first-order chi connectivity index (χ1) is 26.8. The van der Waals surface area contributed by atoms with Crippen LogP contribution in [0.15, 0.2) is 36.4 Å². The highest BCUT2D eigenvalue weighted by Crippen LogP contribution is 2.49. The maximum Gasteiger partial charge on any atom is 0.264 e. The molecule has 1 saturated heterocycles. The number of nitrogens with zero attached hydrogens (tertiary/aromatic N) is 5. The monoisotopic (exact) mass is 780 g/mol. The van der Waals surface area contributed by atoms with Gasteiger partial charge in [-0.1, -0.05) is 25.3 Å². The Morgan fingerprint density at radius 2 is 1.64 bits per heavy atom. The van der Waals surface area contributed by atoms with Gasteiger partial charge < -0.3 is 14.2 Å². The lowest BCUT2D eigenvalue weighted by Gasteiger charge is -2.42. The smallest absolute Gasteiger partial charge is 0.264 e. The van der Waals surface area contributed by atoms with Gasteiger partial charge in [0.15, 0.2) is 0 Å². The minimum atomic E-state index is -3.84. The molecule has 8 rings (SSSR count). The second-order valence-electron chi connectivity index (χ2n) is 17.0. The summed E-state index contributed by atoms with van der Waals surface area (Å²) >= 11 is 0. The van der Waals surface area contributed by atoms with Gasteiger partial charge in [-0.3, -0.25) is 19.2 Å². The maximum absolute atomic E-state index is 14.9. The van der Waals surface area contributed by atoms with E-state index < -0.39 is 21.2 Å². The zero-order valence-electron chi connectivity index (χ0n) is 33.9. The normalized spacial score (nSPS) is 21.0. The van der Waals surface area contributed by atoms with E-state index >= 15 is 0 Å². The SMILES string of the molecule is COc1ccc2c(c1)C=C(c1c(C(=O)N3C[C@@H](C)N(C)[C@@H](C)C3)c(C)nn1C1CCC1)Cn1c-2c(C2CCCCC2)c2ccc(C(=O)NS(=O)(=O)C(C)C)cc21. The van der Waals surface area contributed by atoms with Gasteiger partial charge in [0, 0.05) is 47.2 Å². The minimum Gasteiger partial charge on any atom is -0.497 e. The van der Waals surface area contributed by atoms with Crippen LogP contribution in [0.2, 0.25) is 0 Å². The number of methoxy groups -OCH3 is 1. The first kappa shape index (κ1) is 38.5. The summed E-state index contributed by atoms with van der Waals surface area (Å²) in [7, 11) is -0.0288. The molecule has 56 heavy (non-hydrogen) atoms. The maximum atomic E-state index is 14.9. The van der Waals surface area contributed by atoms with Crippen LogP contribution in [0.1, 0.15) is 134 Å². The second-order valence-corrected chi connectivity index (χ2v) is 19.2. The number of carbonyl (C=O) groups is 2. The Bertz CT molecular complexity index is 2330. The number of hydrogen-bond acceptors (Lipinski definition) is 7. The quantitative estimate of drug-likeness (QED) is 0.194. The Hall–Kier alpha value is -4.42. The molecule has 0 unspecified atom stereocenters. The molecule has 3 fully saturated rings. The molecule has 4 aliphatic rings. The molecule has 0 bridgehead atoms. The van der Waals surface area contributed by atoms with Gasteiger partial charge in [-0.05, 0) is 133 Å². The molecule has 0 radical (unpaired) electrons. The average Bonchev–Trinajstić information content (AvgIpc) is 3.59. The van der Waals surface area contributed by atoms with Crippen molar-refractivity contribution in [2.24, 2.45) is 0 Å². The number of carbonyl (C=O) groups excluding carboxylic acids is 2. The Morgan fingerprint density at radius 3 is 2.29 bits per heavy atom. The summed E-state index contributed by atoms with van der Waals surface area (Å²) in [5.41, 5.74) is 8.79. The van der Waals surface area contributed by atoms with Gasteiger partial charge in [0.25, 0.3) is 11.8 Å². The molecule has 2 aliphatic heterocycles. The molecule has 298 valence electrons. The van der Waals surface area contributed by atoms with Crippen LogP contribution in [-0.2, 0) is 16.6 Å². The van der Waals surface area contributed by atoms with Crippen LogP contribution >= 0.6 is 0 Å². The molecule has 2 aromatic heterocycles. The van der Waals surface area contributed by atoms with E-state index in [-0.39, 0.29) is 29.6 Å². The van der Waals surface area contributed by atoms with Crippen molar-refractivity contribution in [1.29, 1.82) is 0 Å². The van der Waals surface area contributed by atoms with Gasteiger partial charge in [-0.25, -0.2) is 13.1 Å². The van der Waals surface area contributed by atoms with Crippen molar-refractivity contribution < 1.29 is 22.7 Å². The Morgan fingerprint density at radius 1 is 0.929 bits per heavy atom. The van der Waals surface area contributed by atoms with Crippen LogP contribution < -0.4 is 9.46 Å². The number of rotatable bonds is 8. The van der Waals surface area contributed by atoms with Crippen molar-refractivity contribution in [2.75, 3.05) is 27.2 Å². The summed E-state index contributed by atoms with van der Waals surface area (Å²) in [6.07, 6.45) is 11.0. The summed E-state index contributed by atoms with van der Waals surface area (Å²) in [6, 6.07) is 12.5. The number of allylic oxidation sites excluding steroid dienone is 1. The number of piperazine rings is 1. The molecular weight excluding hydrogens is 725 g/mol. The lowest BCUT2D eigenvalue weighted by molar-refractivity contribution is 0.0413. The van der Waals surface area contributed by atoms with Crippen molar-refractivity contribution in [3.05, 3.63) is 70.0 Å². The van der Waals surface area contributed by atoms with Crippen LogP contribution in [-0.4, -0.2) is 89.0 Å². The first-order valence-electron chi connectivity index (χ1n) is 20.5. The molecule has 12 heteroatoms. The van der Waals surface area contributed by atoms with E-state index in [0.29, 0.717) is 31.1 Å². The third kappa shape index (κ3) is 6.66. The molecule has 1 N–H and O–H groups in total. The third-order valence-electron chi connectivity index (χ3n) is 13.1. The Kier molecular flexibility index (Phi) is 10.2. The highest BCUT2D eigenvalue weighted by atomic mass is 32.2. The highest BCUT2D eigenvalue weighted by Gasteiger charge is 2.38.